The van der Waals surface area contributed by atoms with Crippen LogP contribution in [-0.4, -0.2) is 122 Å². The summed E-state index contributed by atoms with van der Waals surface area (Å²) in [5.74, 6) is -1.34. The van der Waals surface area contributed by atoms with Gasteiger partial charge in [0.05, 0.1) is 19.5 Å². The fraction of sp³-hybridized carbons (Fsp3) is 0.378. The van der Waals surface area contributed by atoms with Crippen molar-refractivity contribution >= 4 is 56.2 Å². The van der Waals surface area contributed by atoms with Crippen molar-refractivity contribution in [3.8, 4) is 0 Å². The molecule has 31 heteroatoms. The van der Waals surface area contributed by atoms with Gasteiger partial charge in [-0.25, -0.2) is 38.5 Å². The quantitative estimate of drug-likeness (QED) is 0.0189. The topological polar surface area (TPSA) is 425 Å². The average Bonchev–Trinajstić information content (AvgIpc) is 3.96. The molecule has 68 heavy (non-hydrogen) atoms. The summed E-state index contributed by atoms with van der Waals surface area (Å²) in [6.07, 6.45) is -11.7. The number of nitrogens with one attached hydrogen (secondary N) is 1. The Balaban J connectivity index is 1.11. The summed E-state index contributed by atoms with van der Waals surface area (Å²) >= 11 is 0. The number of imidazole rings is 1. The number of nitrogens with zero attached hydrogens (tertiary/aromatic N) is 9. The number of aliphatic hydroxyl groups is 2. The Kier molecular flexibility index (Phi) is 15.5. The van der Waals surface area contributed by atoms with Gasteiger partial charge in [-0.1, -0.05) is 59.7 Å². The Morgan fingerprint density at radius 2 is 1.57 bits per heavy atom. The second-order valence-electron chi connectivity index (χ2n) is 14.9. The third kappa shape index (κ3) is 12.2. The molecule has 0 aliphatic carbocycles. The number of ether oxygens (including phenoxy) is 4. The molecule has 1 amide bonds. The number of nitrogens with two attached hydrogens (primary N) is 2. The van der Waals surface area contributed by atoms with E-state index in [1.165, 1.54) is 29.1 Å². The highest BCUT2D eigenvalue weighted by Gasteiger charge is 2.52. The Morgan fingerprint density at radius 3 is 2.26 bits per heavy atom. The van der Waals surface area contributed by atoms with Crippen LogP contribution in [0.5, 0.6) is 0 Å². The summed E-state index contributed by atoms with van der Waals surface area (Å²) < 4.78 is 65.1. The van der Waals surface area contributed by atoms with Crippen molar-refractivity contribution < 1.29 is 76.1 Å². The highest BCUT2D eigenvalue weighted by atomic mass is 31.2. The van der Waals surface area contributed by atoms with Crippen molar-refractivity contribution in [2.24, 2.45) is 5.11 Å². The number of amides is 1. The molecule has 10 N–H and O–H groups in total. The number of benzene rings is 2. The van der Waals surface area contributed by atoms with Gasteiger partial charge >= 0.3 is 33.4 Å². The van der Waals surface area contributed by atoms with Gasteiger partial charge < -0.3 is 60.6 Å². The first kappa shape index (κ1) is 49.5. The van der Waals surface area contributed by atoms with Gasteiger partial charge in [0.25, 0.3) is 0 Å². The zero-order valence-corrected chi connectivity index (χ0v) is 36.7. The van der Waals surface area contributed by atoms with E-state index in [1.807, 2.05) is 0 Å². The second kappa shape index (κ2) is 21.3. The molecule has 2 aliphatic rings. The molecule has 2 aliphatic heterocycles. The molecule has 0 radical (unpaired) electrons. The van der Waals surface area contributed by atoms with E-state index >= 15 is 0 Å². The molecule has 0 saturated carbocycles. The zero-order valence-electron chi connectivity index (χ0n) is 34.9. The predicted molar refractivity (Wildman–Crippen MR) is 228 cm³/mol. The van der Waals surface area contributed by atoms with E-state index in [9.17, 15) is 48.4 Å². The number of esters is 1. The number of azide groups is 1. The first-order chi connectivity index (χ1) is 32.4. The van der Waals surface area contributed by atoms with E-state index in [-0.39, 0.29) is 42.2 Å². The monoisotopic (exact) mass is 988 g/mol. The van der Waals surface area contributed by atoms with Crippen LogP contribution in [0.2, 0.25) is 0 Å². The largest absolute Gasteiger partial charge is 0.472 e. The number of carbonyl (C=O) groups excluding carboxylic acids is 2. The van der Waals surface area contributed by atoms with E-state index in [0.717, 1.165) is 22.7 Å². The van der Waals surface area contributed by atoms with E-state index in [2.05, 4.69) is 39.8 Å². The van der Waals surface area contributed by atoms with Gasteiger partial charge in [0.15, 0.2) is 30.0 Å². The lowest BCUT2D eigenvalue weighted by atomic mass is 10.0. The summed E-state index contributed by atoms with van der Waals surface area (Å²) in [5, 5.41) is 29.0. The maximum absolute atomic E-state index is 14.1. The number of alkyl carbamates (subject to hydrolysis) is 1. The Morgan fingerprint density at radius 1 is 0.897 bits per heavy atom. The van der Waals surface area contributed by atoms with Gasteiger partial charge in [-0.3, -0.25) is 22.7 Å². The number of carbonyl (C=O) groups is 2. The molecular formula is C37H42N12O17P2. The lowest BCUT2D eigenvalue weighted by Crippen LogP contribution is -2.47. The number of phosphoric acid groups is 2. The molecule has 362 valence electrons. The van der Waals surface area contributed by atoms with Crippen LogP contribution in [0.3, 0.4) is 0 Å². The molecule has 2 saturated heterocycles. The number of anilines is 2. The molecule has 7 rings (SSSR count). The number of fused-ring (bicyclic) bond motifs is 1. The normalized spacial score (nSPS) is 23.9. The lowest BCUT2D eigenvalue weighted by molar-refractivity contribution is -0.159. The smallest absolute Gasteiger partial charge is 0.455 e. The number of hydrogen-bond donors (Lipinski definition) is 8. The Labute approximate surface area is 382 Å². The van der Waals surface area contributed by atoms with Crippen molar-refractivity contribution in [2.75, 3.05) is 24.7 Å². The van der Waals surface area contributed by atoms with Gasteiger partial charge in [-0.05, 0) is 35.6 Å². The number of aliphatic hydroxyl groups excluding tert-OH is 2. The van der Waals surface area contributed by atoms with Crippen molar-refractivity contribution in [2.45, 2.75) is 74.6 Å². The number of nitrogen functional groups attached to an aromatic ring is 2. The molecule has 0 bridgehead atoms. The molecule has 29 nitrogen and oxygen atoms in total. The van der Waals surface area contributed by atoms with Gasteiger partial charge in [-0.2, -0.15) is 4.98 Å². The molecule has 2 fully saturated rings. The minimum atomic E-state index is -5.46. The number of aromatic nitrogens is 6. The third-order valence-electron chi connectivity index (χ3n) is 10.3. The van der Waals surface area contributed by atoms with Crippen LogP contribution in [0.1, 0.15) is 30.0 Å². The van der Waals surface area contributed by atoms with Crippen LogP contribution in [0, 0.1) is 0 Å². The van der Waals surface area contributed by atoms with Crippen LogP contribution >= 0.6 is 15.6 Å². The zero-order chi connectivity index (χ0) is 48.8. The van der Waals surface area contributed by atoms with Crippen molar-refractivity contribution in [1.82, 2.24) is 34.4 Å². The summed E-state index contributed by atoms with van der Waals surface area (Å²) in [6.45, 7) is -2.30. The maximum Gasteiger partial charge on any atom is 0.472 e. The molecule has 0 spiro atoms. The van der Waals surface area contributed by atoms with Crippen LogP contribution in [0.15, 0.2) is 89.4 Å². The molecule has 10 atom stereocenters. The molecule has 1 unspecified atom stereocenters. The summed E-state index contributed by atoms with van der Waals surface area (Å²) in [4.78, 5) is 88.1. The van der Waals surface area contributed by atoms with Gasteiger partial charge in [-0.15, -0.1) is 0 Å². The summed E-state index contributed by atoms with van der Waals surface area (Å²) in [6, 6.07) is 14.7. The summed E-state index contributed by atoms with van der Waals surface area (Å²) in [5.41, 5.74) is 20.9. The van der Waals surface area contributed by atoms with Gasteiger partial charge in [0.1, 0.15) is 60.8 Å². The summed E-state index contributed by atoms with van der Waals surface area (Å²) in [7, 11) is -10.7. The van der Waals surface area contributed by atoms with Gasteiger partial charge in [0, 0.05) is 16.8 Å². The van der Waals surface area contributed by atoms with Crippen molar-refractivity contribution in [3.05, 3.63) is 112 Å². The number of aryl methyl sites for hydroxylation is 1. The van der Waals surface area contributed by atoms with Crippen LogP contribution in [0.4, 0.5) is 22.1 Å². The average molecular weight is 989 g/mol. The minimum Gasteiger partial charge on any atom is -0.455 e. The van der Waals surface area contributed by atoms with E-state index in [1.54, 1.807) is 42.5 Å². The fourth-order valence-electron chi connectivity index (χ4n) is 7.11. The Hall–Kier alpha value is -6.42. The molecule has 2 aromatic carbocycles. The van der Waals surface area contributed by atoms with E-state index in [0.29, 0.717) is 11.3 Å². The van der Waals surface area contributed by atoms with Gasteiger partial charge in [0.2, 0.25) is 0 Å². The van der Waals surface area contributed by atoms with Crippen molar-refractivity contribution in [1.29, 1.82) is 0 Å². The number of phosphoric ester groups is 2. The van der Waals surface area contributed by atoms with E-state index < -0.39 is 102 Å². The first-order valence-electron chi connectivity index (χ1n) is 20.0. The van der Waals surface area contributed by atoms with Crippen LogP contribution in [0.25, 0.3) is 21.6 Å². The van der Waals surface area contributed by atoms with Crippen LogP contribution in [-0.2, 0) is 59.5 Å². The maximum atomic E-state index is 14.1. The highest BCUT2D eigenvalue weighted by molar-refractivity contribution is 7.47. The molecule has 5 heterocycles. The SMILES string of the molecule is [N-]=[N+]=Nc1ccc(COC(=O)N[C@@H](CCc2ccccc2)C(=O)O[C@H]2[C@@H](O)[C@H](n3cnc4c(N)ncnc43)O[C@@H]2COP(=O)(O)O[C@H]2[C@@H](O)[C@H](n3ccc(N)nc3=O)O[C@@H]2COP(=O)(O)O)cc1. The number of hydrogen-bond acceptors (Lipinski definition) is 21. The molecular weight excluding hydrogens is 946 g/mol. The standard InChI is InChI=1S/C37H42N12O17P2/c38-25-12-13-48(36(53)45-25)33-28(51)30(24(64-33)15-61-67(55,56)57)66-68(58,59)62-16-23-29(27(50)34(63-23)49-18-43-26-31(39)41-17-42-32(26)49)65-35(52)22(11-8-19-4-2-1-3-5-19)44-37(54)60-14-20-6-9-21(10-7-20)46-47-40/h1-7,9-10,12-13,17-18,22-24,27-30,33-34,50-51H,8,11,14-16H2,(H,44,54)(H,58,59)(H2,38,45,53)(H2,39,41,42)(H2,55,56,57)/t22-,23+,24+,27+,28+,29+,30+,33+,34+/m0/s1. The third-order valence-corrected chi connectivity index (χ3v) is 11.8. The molecule has 3 aromatic heterocycles. The fourth-order valence-corrected chi connectivity index (χ4v) is 8.41. The minimum absolute atomic E-state index is 0.0331. The molecule has 5 aromatic rings. The van der Waals surface area contributed by atoms with E-state index in [4.69, 9.17) is 45.0 Å². The first-order valence-corrected chi connectivity index (χ1v) is 23.0. The number of rotatable bonds is 19. The van der Waals surface area contributed by atoms with Crippen LogP contribution < -0.4 is 22.5 Å². The second-order valence-corrected chi connectivity index (χ2v) is 17.6. The highest BCUT2D eigenvalue weighted by Crippen LogP contribution is 2.50. The van der Waals surface area contributed by atoms with Crippen molar-refractivity contribution in [3.63, 3.8) is 0 Å². The predicted octanol–water partition coefficient (Wildman–Crippen LogP) is 1.16. The Bertz CT molecular complexity index is 2800. The lowest BCUT2D eigenvalue weighted by Gasteiger charge is -2.26.